The summed E-state index contributed by atoms with van der Waals surface area (Å²) in [5.41, 5.74) is 6.92. The van der Waals surface area contributed by atoms with E-state index in [1.165, 1.54) is 12.1 Å². The molecule has 2 rings (SSSR count). The van der Waals surface area contributed by atoms with E-state index < -0.39 is 0 Å². The Kier molecular flexibility index (Phi) is 3.67. The predicted molar refractivity (Wildman–Crippen MR) is 67.0 cm³/mol. The van der Waals surface area contributed by atoms with Crippen LogP contribution < -0.4 is 15.4 Å². The lowest BCUT2D eigenvalue weighted by Crippen LogP contribution is -2.23. The zero-order chi connectivity index (χ0) is 11.4. The van der Waals surface area contributed by atoms with Gasteiger partial charge in [-0.05, 0) is 37.9 Å². The van der Waals surface area contributed by atoms with Crippen LogP contribution in [0.25, 0.3) is 0 Å². The third-order valence-corrected chi connectivity index (χ3v) is 3.12. The molecule has 2 N–H and O–H groups in total. The zero-order valence-electron chi connectivity index (χ0n) is 9.86. The number of benzene rings is 1. The summed E-state index contributed by atoms with van der Waals surface area (Å²) in [4.78, 5) is 2.38. The van der Waals surface area contributed by atoms with Gasteiger partial charge in [0.15, 0.2) is 0 Å². The quantitative estimate of drug-likeness (QED) is 0.842. The zero-order valence-corrected chi connectivity index (χ0v) is 9.86. The number of nitrogens with two attached hydrogens (primary N) is 1. The fraction of sp³-hybridized carbons (Fsp3) is 0.538. The minimum Gasteiger partial charge on any atom is -0.492 e. The van der Waals surface area contributed by atoms with Gasteiger partial charge in [0.2, 0.25) is 0 Å². The van der Waals surface area contributed by atoms with Crippen molar-refractivity contribution in [2.24, 2.45) is 11.7 Å². The Balaban J connectivity index is 2.14. The molecule has 3 nitrogen and oxygen atoms in total. The molecule has 0 spiro atoms. The van der Waals surface area contributed by atoms with Crippen LogP contribution in [0.1, 0.15) is 13.3 Å². The van der Waals surface area contributed by atoms with Crippen LogP contribution in [0.2, 0.25) is 0 Å². The molecule has 0 aromatic heterocycles. The lowest BCUT2D eigenvalue weighted by atomic mass is 10.1. The smallest absolute Gasteiger partial charge is 0.142 e. The summed E-state index contributed by atoms with van der Waals surface area (Å²) in [7, 11) is 0. The molecule has 0 amide bonds. The molecule has 1 heterocycles. The topological polar surface area (TPSA) is 38.5 Å². The minimum atomic E-state index is 0.634. The van der Waals surface area contributed by atoms with Crippen LogP contribution in [0.5, 0.6) is 5.75 Å². The summed E-state index contributed by atoms with van der Waals surface area (Å²) in [6.07, 6.45) is 1.19. The van der Waals surface area contributed by atoms with Crippen molar-refractivity contribution in [3.8, 4) is 5.75 Å². The molecule has 0 aliphatic carbocycles. The molecule has 0 radical (unpaired) electrons. The summed E-state index contributed by atoms with van der Waals surface area (Å²) in [6, 6.07) is 8.25. The van der Waals surface area contributed by atoms with Crippen molar-refractivity contribution in [1.82, 2.24) is 0 Å². The van der Waals surface area contributed by atoms with Crippen molar-refractivity contribution in [1.29, 1.82) is 0 Å². The number of nitrogens with zero attached hydrogens (tertiary/aromatic N) is 1. The van der Waals surface area contributed by atoms with E-state index in [2.05, 4.69) is 17.0 Å². The third kappa shape index (κ3) is 2.30. The van der Waals surface area contributed by atoms with Crippen molar-refractivity contribution in [3.05, 3.63) is 24.3 Å². The van der Waals surface area contributed by atoms with Crippen LogP contribution in [0.3, 0.4) is 0 Å². The minimum absolute atomic E-state index is 0.634. The second kappa shape index (κ2) is 5.21. The second-order valence-electron chi connectivity index (χ2n) is 4.24. The Labute approximate surface area is 97.2 Å². The number of ether oxygens (including phenoxy) is 1. The third-order valence-electron chi connectivity index (χ3n) is 3.12. The van der Waals surface area contributed by atoms with Crippen LogP contribution in [0.4, 0.5) is 5.69 Å². The van der Waals surface area contributed by atoms with E-state index in [0.717, 1.165) is 25.4 Å². The highest BCUT2D eigenvalue weighted by molar-refractivity contribution is 5.59. The molecule has 1 aliphatic rings. The predicted octanol–water partition coefficient (Wildman–Crippen LogP) is 1.87. The molecule has 1 aromatic carbocycles. The molecule has 1 aromatic rings. The molecular weight excluding hydrogens is 200 g/mol. The summed E-state index contributed by atoms with van der Waals surface area (Å²) >= 11 is 0. The highest BCUT2D eigenvalue weighted by atomic mass is 16.5. The maximum atomic E-state index is 5.71. The highest BCUT2D eigenvalue weighted by Crippen LogP contribution is 2.31. The number of hydrogen-bond donors (Lipinski definition) is 1. The Morgan fingerprint density at radius 1 is 1.44 bits per heavy atom. The van der Waals surface area contributed by atoms with Gasteiger partial charge in [-0.25, -0.2) is 0 Å². The van der Waals surface area contributed by atoms with Crippen molar-refractivity contribution < 1.29 is 4.74 Å². The van der Waals surface area contributed by atoms with E-state index in [-0.39, 0.29) is 0 Å². The average Bonchev–Trinajstić information content (AvgIpc) is 2.79. The number of anilines is 1. The molecule has 16 heavy (non-hydrogen) atoms. The van der Waals surface area contributed by atoms with Crippen LogP contribution in [0, 0.1) is 5.92 Å². The van der Waals surface area contributed by atoms with Crippen LogP contribution in [-0.4, -0.2) is 26.2 Å². The Morgan fingerprint density at radius 2 is 2.25 bits per heavy atom. The van der Waals surface area contributed by atoms with Crippen molar-refractivity contribution in [2.45, 2.75) is 13.3 Å². The highest BCUT2D eigenvalue weighted by Gasteiger charge is 2.23. The lowest BCUT2D eigenvalue weighted by Gasteiger charge is -2.21. The molecule has 1 unspecified atom stereocenters. The standard InChI is InChI=1S/C13H20N2O/c1-2-16-13-6-4-3-5-12(13)15-8-7-11(9-14)10-15/h3-6,11H,2,7-10,14H2,1H3. The largest absolute Gasteiger partial charge is 0.492 e. The molecule has 1 fully saturated rings. The van der Waals surface area contributed by atoms with E-state index >= 15 is 0 Å². The first kappa shape index (κ1) is 11.3. The molecule has 3 heteroatoms. The fourth-order valence-electron chi connectivity index (χ4n) is 2.24. The summed E-state index contributed by atoms with van der Waals surface area (Å²) in [5.74, 6) is 1.62. The molecule has 1 saturated heterocycles. The number of para-hydroxylation sites is 2. The van der Waals surface area contributed by atoms with Gasteiger partial charge in [-0.3, -0.25) is 0 Å². The summed E-state index contributed by atoms with van der Waals surface area (Å²) in [5, 5.41) is 0. The van der Waals surface area contributed by atoms with Gasteiger partial charge in [0.25, 0.3) is 0 Å². The van der Waals surface area contributed by atoms with E-state index in [9.17, 15) is 0 Å². The van der Waals surface area contributed by atoms with Crippen molar-refractivity contribution in [2.75, 3.05) is 31.1 Å². The van der Waals surface area contributed by atoms with Gasteiger partial charge in [-0.2, -0.15) is 0 Å². The first-order valence-corrected chi connectivity index (χ1v) is 6.02. The summed E-state index contributed by atoms with van der Waals surface area (Å²) < 4.78 is 5.65. The monoisotopic (exact) mass is 220 g/mol. The molecule has 1 atom stereocenters. The molecule has 88 valence electrons. The maximum Gasteiger partial charge on any atom is 0.142 e. The van der Waals surface area contributed by atoms with E-state index in [1.807, 2.05) is 19.1 Å². The first-order chi connectivity index (χ1) is 7.85. The van der Waals surface area contributed by atoms with E-state index in [1.54, 1.807) is 0 Å². The van der Waals surface area contributed by atoms with E-state index in [4.69, 9.17) is 10.5 Å². The first-order valence-electron chi connectivity index (χ1n) is 6.02. The van der Waals surface area contributed by atoms with Crippen LogP contribution >= 0.6 is 0 Å². The van der Waals surface area contributed by atoms with Gasteiger partial charge in [0, 0.05) is 13.1 Å². The van der Waals surface area contributed by atoms with Crippen LogP contribution in [0.15, 0.2) is 24.3 Å². The Morgan fingerprint density at radius 3 is 2.94 bits per heavy atom. The summed E-state index contributed by atoms with van der Waals surface area (Å²) in [6.45, 7) is 5.66. The Bertz CT molecular complexity index is 340. The molecule has 1 aliphatic heterocycles. The van der Waals surface area contributed by atoms with Gasteiger partial charge < -0.3 is 15.4 Å². The Hall–Kier alpha value is -1.22. The van der Waals surface area contributed by atoms with Crippen LogP contribution in [-0.2, 0) is 0 Å². The van der Waals surface area contributed by atoms with Gasteiger partial charge >= 0.3 is 0 Å². The van der Waals surface area contributed by atoms with Gasteiger partial charge in [0.1, 0.15) is 5.75 Å². The molecule has 0 bridgehead atoms. The second-order valence-corrected chi connectivity index (χ2v) is 4.24. The van der Waals surface area contributed by atoms with Gasteiger partial charge in [-0.15, -0.1) is 0 Å². The van der Waals surface area contributed by atoms with Gasteiger partial charge in [-0.1, -0.05) is 12.1 Å². The number of rotatable bonds is 4. The van der Waals surface area contributed by atoms with E-state index in [0.29, 0.717) is 12.5 Å². The molecular formula is C13H20N2O. The van der Waals surface area contributed by atoms with Gasteiger partial charge in [0.05, 0.1) is 12.3 Å². The normalized spacial score (nSPS) is 20.1. The average molecular weight is 220 g/mol. The lowest BCUT2D eigenvalue weighted by molar-refractivity contribution is 0.340. The molecule has 0 saturated carbocycles. The van der Waals surface area contributed by atoms with Crippen molar-refractivity contribution >= 4 is 5.69 Å². The SMILES string of the molecule is CCOc1ccccc1N1CCC(CN)C1. The number of hydrogen-bond acceptors (Lipinski definition) is 3. The van der Waals surface area contributed by atoms with Crippen molar-refractivity contribution in [3.63, 3.8) is 0 Å². The maximum absolute atomic E-state index is 5.71. The fourth-order valence-corrected chi connectivity index (χ4v) is 2.24.